The molecule has 178 valence electrons. The number of aromatic amines is 1. The number of piperidine rings is 1. The zero-order valence-electron chi connectivity index (χ0n) is 19.4. The number of thiazole rings is 1. The second-order valence-corrected chi connectivity index (χ2v) is 9.99. The average Bonchev–Trinajstić information content (AvgIpc) is 3.64. The van der Waals surface area contributed by atoms with Crippen molar-refractivity contribution in [2.24, 2.45) is 0 Å². The Bertz CT molecular complexity index is 1450. The number of H-pyrrole nitrogens is 1. The average molecular weight is 488 g/mol. The number of amides is 1. The van der Waals surface area contributed by atoms with Crippen molar-refractivity contribution in [2.75, 3.05) is 13.1 Å². The Morgan fingerprint density at radius 3 is 2.83 bits per heavy atom. The molecular weight excluding hydrogens is 462 g/mol. The fourth-order valence-corrected chi connectivity index (χ4v) is 5.98. The normalized spacial score (nSPS) is 16.0. The van der Waals surface area contributed by atoms with Crippen molar-refractivity contribution in [1.29, 1.82) is 0 Å². The fourth-order valence-electron chi connectivity index (χ4n) is 4.98. The molecule has 0 atom stereocenters. The predicted molar refractivity (Wildman–Crippen MR) is 132 cm³/mol. The van der Waals surface area contributed by atoms with Crippen LogP contribution in [0.15, 0.2) is 40.9 Å². The highest BCUT2D eigenvalue weighted by molar-refractivity contribution is 7.10. The zero-order chi connectivity index (χ0) is 23.9. The topological polar surface area (TPSA) is 110 Å². The van der Waals surface area contributed by atoms with Crippen molar-refractivity contribution in [1.82, 2.24) is 34.6 Å². The van der Waals surface area contributed by atoms with Gasteiger partial charge in [0.1, 0.15) is 0 Å². The number of aryl methyl sites for hydroxylation is 1. The summed E-state index contributed by atoms with van der Waals surface area (Å²) in [5, 5.41) is 7.59. The number of nitrogens with one attached hydrogen (secondary N) is 1. The van der Waals surface area contributed by atoms with Crippen LogP contribution in [0, 0.1) is 6.92 Å². The van der Waals surface area contributed by atoms with E-state index in [-0.39, 0.29) is 11.5 Å². The van der Waals surface area contributed by atoms with E-state index in [0.29, 0.717) is 36.2 Å². The third kappa shape index (κ3) is 3.97. The number of nitrogens with zero attached hydrogens (tertiary/aromatic N) is 6. The molecule has 4 aromatic heterocycles. The van der Waals surface area contributed by atoms with E-state index < -0.39 is 0 Å². The minimum atomic E-state index is -0.110. The van der Waals surface area contributed by atoms with E-state index in [1.54, 1.807) is 28.4 Å². The Labute approximate surface area is 205 Å². The third-order valence-electron chi connectivity index (χ3n) is 6.98. The molecule has 0 aromatic carbocycles. The van der Waals surface area contributed by atoms with Gasteiger partial charge in [-0.05, 0) is 51.2 Å². The first-order valence-electron chi connectivity index (χ1n) is 11.9. The number of pyridine rings is 1. The molecule has 9 nitrogen and oxygen atoms in total. The van der Waals surface area contributed by atoms with Crippen molar-refractivity contribution in [2.45, 2.75) is 44.9 Å². The summed E-state index contributed by atoms with van der Waals surface area (Å²) in [4.78, 5) is 44.1. The lowest BCUT2D eigenvalue weighted by atomic mass is 9.97. The molecular formula is C25H25N7O2S. The van der Waals surface area contributed by atoms with E-state index in [4.69, 9.17) is 4.98 Å². The summed E-state index contributed by atoms with van der Waals surface area (Å²) >= 11 is 1.68. The van der Waals surface area contributed by atoms with Gasteiger partial charge in [-0.25, -0.2) is 14.6 Å². The summed E-state index contributed by atoms with van der Waals surface area (Å²) in [6.45, 7) is 3.18. The van der Waals surface area contributed by atoms with Gasteiger partial charge in [0.15, 0.2) is 0 Å². The van der Waals surface area contributed by atoms with Gasteiger partial charge in [0.05, 0.1) is 33.8 Å². The monoisotopic (exact) mass is 487 g/mol. The zero-order valence-corrected chi connectivity index (χ0v) is 20.2. The molecule has 0 spiro atoms. The van der Waals surface area contributed by atoms with E-state index in [2.05, 4.69) is 25.4 Å². The Hall–Kier alpha value is -3.66. The van der Waals surface area contributed by atoms with Crippen LogP contribution in [0.5, 0.6) is 0 Å². The van der Waals surface area contributed by atoms with E-state index in [9.17, 15) is 9.59 Å². The SMILES string of the molecule is Cc1c(C(=O)N2CCC(c3nc(-c4cccnc4)cs3)CC2)cnn1-c1nc2c(c(=O)[nH]1)CCC2. The Balaban J connectivity index is 1.15. The lowest BCUT2D eigenvalue weighted by Gasteiger charge is -2.31. The molecule has 6 rings (SSSR count). The molecule has 2 aliphatic rings. The first kappa shape index (κ1) is 21.8. The molecule has 1 aliphatic heterocycles. The van der Waals surface area contributed by atoms with Gasteiger partial charge in [0.2, 0.25) is 5.95 Å². The fraction of sp³-hybridized carbons (Fsp3) is 0.360. The summed E-state index contributed by atoms with van der Waals surface area (Å²) in [6.07, 6.45) is 9.43. The maximum absolute atomic E-state index is 13.3. The van der Waals surface area contributed by atoms with Gasteiger partial charge in [-0.1, -0.05) is 0 Å². The van der Waals surface area contributed by atoms with Gasteiger partial charge in [-0.15, -0.1) is 11.3 Å². The second kappa shape index (κ2) is 8.84. The van der Waals surface area contributed by atoms with Gasteiger partial charge >= 0.3 is 0 Å². The van der Waals surface area contributed by atoms with Gasteiger partial charge in [0.25, 0.3) is 11.5 Å². The molecule has 0 saturated carbocycles. The Morgan fingerprint density at radius 2 is 2.03 bits per heavy atom. The first-order chi connectivity index (χ1) is 17.1. The molecule has 1 aliphatic carbocycles. The predicted octanol–water partition coefficient (Wildman–Crippen LogP) is 3.29. The molecule has 1 N–H and O–H groups in total. The van der Waals surface area contributed by atoms with Crippen molar-refractivity contribution in [3.63, 3.8) is 0 Å². The molecule has 35 heavy (non-hydrogen) atoms. The highest BCUT2D eigenvalue weighted by Gasteiger charge is 2.29. The number of fused-ring (bicyclic) bond motifs is 1. The number of rotatable bonds is 4. The smallest absolute Gasteiger partial charge is 0.257 e. The molecule has 10 heteroatoms. The minimum absolute atomic E-state index is 0.0362. The van der Waals surface area contributed by atoms with Crippen LogP contribution in [0.25, 0.3) is 17.2 Å². The summed E-state index contributed by atoms with van der Waals surface area (Å²) in [5.41, 5.74) is 4.69. The van der Waals surface area contributed by atoms with Crippen LogP contribution in [-0.4, -0.2) is 53.6 Å². The molecule has 0 radical (unpaired) electrons. The first-order valence-corrected chi connectivity index (χ1v) is 12.8. The van der Waals surface area contributed by atoms with Crippen molar-refractivity contribution in [3.8, 4) is 17.2 Å². The van der Waals surface area contributed by atoms with E-state index in [1.807, 2.05) is 30.2 Å². The molecule has 1 amide bonds. The summed E-state index contributed by atoms with van der Waals surface area (Å²) < 4.78 is 1.57. The maximum Gasteiger partial charge on any atom is 0.257 e. The number of likely N-dealkylation sites (tertiary alicyclic amines) is 1. The van der Waals surface area contributed by atoms with E-state index in [0.717, 1.165) is 59.6 Å². The molecule has 0 bridgehead atoms. The van der Waals surface area contributed by atoms with Crippen LogP contribution in [0.3, 0.4) is 0 Å². The van der Waals surface area contributed by atoms with E-state index >= 15 is 0 Å². The summed E-state index contributed by atoms with van der Waals surface area (Å²) in [7, 11) is 0. The second-order valence-electron chi connectivity index (χ2n) is 9.10. The molecule has 4 aromatic rings. The number of hydrogen-bond donors (Lipinski definition) is 1. The Kier molecular flexibility index (Phi) is 5.52. The third-order valence-corrected chi connectivity index (χ3v) is 7.99. The number of carbonyl (C=O) groups excluding carboxylic acids is 1. The number of aromatic nitrogens is 6. The van der Waals surface area contributed by atoms with Crippen LogP contribution in [-0.2, 0) is 12.8 Å². The van der Waals surface area contributed by atoms with Crippen molar-refractivity contribution >= 4 is 17.2 Å². The van der Waals surface area contributed by atoms with Crippen LogP contribution in [0.4, 0.5) is 0 Å². The highest BCUT2D eigenvalue weighted by atomic mass is 32.1. The number of hydrogen-bond acceptors (Lipinski definition) is 7. The molecule has 5 heterocycles. The van der Waals surface area contributed by atoms with E-state index in [1.165, 1.54) is 0 Å². The maximum atomic E-state index is 13.3. The number of carbonyl (C=O) groups is 1. The van der Waals surface area contributed by atoms with Crippen LogP contribution >= 0.6 is 11.3 Å². The minimum Gasteiger partial charge on any atom is -0.338 e. The summed E-state index contributed by atoms with van der Waals surface area (Å²) in [6, 6.07) is 3.93. The van der Waals surface area contributed by atoms with Gasteiger partial charge in [-0.3, -0.25) is 19.6 Å². The largest absolute Gasteiger partial charge is 0.338 e. The summed E-state index contributed by atoms with van der Waals surface area (Å²) in [5.74, 6) is 0.684. The standard InChI is InChI=1S/C25H25N7O2S/c1-15-19(13-27-32(15)25-29-20-6-2-5-18(20)22(33)30-25)24(34)31-10-7-16(8-11-31)23-28-21(14-35-23)17-4-3-9-26-12-17/h3-4,9,12-14,16H,2,5-8,10-11H2,1H3,(H,29,30,33). The lowest BCUT2D eigenvalue weighted by Crippen LogP contribution is -2.38. The van der Waals surface area contributed by atoms with Crippen molar-refractivity contribution in [3.05, 3.63) is 74.0 Å². The molecule has 1 saturated heterocycles. The van der Waals surface area contributed by atoms with Crippen LogP contribution < -0.4 is 5.56 Å². The lowest BCUT2D eigenvalue weighted by molar-refractivity contribution is 0.0712. The highest BCUT2D eigenvalue weighted by Crippen LogP contribution is 2.33. The molecule has 1 fully saturated rings. The van der Waals surface area contributed by atoms with Crippen LogP contribution in [0.2, 0.25) is 0 Å². The van der Waals surface area contributed by atoms with Crippen LogP contribution in [0.1, 0.15) is 57.5 Å². The van der Waals surface area contributed by atoms with Gasteiger partial charge in [-0.2, -0.15) is 5.10 Å². The Morgan fingerprint density at radius 1 is 1.17 bits per heavy atom. The quantitative estimate of drug-likeness (QED) is 0.473. The van der Waals surface area contributed by atoms with Crippen molar-refractivity contribution < 1.29 is 4.79 Å². The molecule has 0 unspecified atom stereocenters. The van der Waals surface area contributed by atoms with Gasteiger partial charge < -0.3 is 4.90 Å². The van der Waals surface area contributed by atoms with Gasteiger partial charge in [0, 0.05) is 47.9 Å².